The molecule has 0 saturated carbocycles. The normalized spacial score (nSPS) is 16.9. The molecule has 1 saturated heterocycles. The number of amides is 2. The van der Waals surface area contributed by atoms with Crippen LogP contribution in [0.5, 0.6) is 0 Å². The molecule has 1 unspecified atom stereocenters. The maximum Gasteiger partial charge on any atom is 0.329 e. The summed E-state index contributed by atoms with van der Waals surface area (Å²) < 4.78 is 5.44. The second kappa shape index (κ2) is 8.80. The van der Waals surface area contributed by atoms with Crippen molar-refractivity contribution in [3.05, 3.63) is 70.9 Å². The minimum absolute atomic E-state index is 0.165. The third-order valence-corrected chi connectivity index (χ3v) is 7.53. The number of anilines is 2. The second-order valence-corrected chi connectivity index (χ2v) is 9.54. The SMILES string of the molecule is O=C(OCC(=O)N1c2ccccc2Sc2ccccc21)C1CCCN1C(=O)c1cccs1. The number of carbonyl (C=O) groups is 3. The third-order valence-electron chi connectivity index (χ3n) is 5.54. The summed E-state index contributed by atoms with van der Waals surface area (Å²) in [6, 6.07) is 18.2. The van der Waals surface area contributed by atoms with E-state index in [4.69, 9.17) is 4.74 Å². The van der Waals surface area contributed by atoms with Gasteiger partial charge in [0, 0.05) is 16.3 Å². The van der Waals surface area contributed by atoms with Crippen LogP contribution in [0, 0.1) is 0 Å². The number of fused-ring (bicyclic) bond motifs is 2. The van der Waals surface area contributed by atoms with E-state index in [0.717, 1.165) is 27.6 Å². The average Bonchev–Trinajstić information content (AvgIpc) is 3.53. The average molecular weight is 465 g/mol. The summed E-state index contributed by atoms with van der Waals surface area (Å²) in [5, 5.41) is 1.84. The minimum atomic E-state index is -0.658. The summed E-state index contributed by atoms with van der Waals surface area (Å²) in [5.41, 5.74) is 1.54. The predicted octanol–water partition coefficient (Wildman–Crippen LogP) is 4.73. The highest BCUT2D eigenvalue weighted by atomic mass is 32.2. The van der Waals surface area contributed by atoms with Crippen LogP contribution < -0.4 is 4.90 Å². The fourth-order valence-corrected chi connectivity index (χ4v) is 5.80. The molecule has 2 amide bonds. The van der Waals surface area contributed by atoms with Crippen molar-refractivity contribution < 1.29 is 19.1 Å². The Bertz CT molecular complexity index is 1130. The van der Waals surface area contributed by atoms with Crippen molar-refractivity contribution in [2.24, 2.45) is 0 Å². The van der Waals surface area contributed by atoms with Crippen molar-refractivity contribution in [1.29, 1.82) is 0 Å². The van der Waals surface area contributed by atoms with Crippen molar-refractivity contribution in [3.8, 4) is 0 Å². The van der Waals surface area contributed by atoms with Gasteiger partial charge in [-0.25, -0.2) is 4.79 Å². The van der Waals surface area contributed by atoms with Gasteiger partial charge in [-0.2, -0.15) is 0 Å². The molecule has 2 aliphatic rings. The molecule has 1 aromatic heterocycles. The van der Waals surface area contributed by atoms with Gasteiger partial charge in [0.25, 0.3) is 11.8 Å². The van der Waals surface area contributed by atoms with E-state index >= 15 is 0 Å². The largest absolute Gasteiger partial charge is 0.454 e. The van der Waals surface area contributed by atoms with Crippen LogP contribution in [-0.2, 0) is 14.3 Å². The Hall–Kier alpha value is -3.10. The van der Waals surface area contributed by atoms with Gasteiger partial charge in [0.15, 0.2) is 6.61 Å². The van der Waals surface area contributed by atoms with Crippen LogP contribution in [0.15, 0.2) is 75.8 Å². The molecule has 3 heterocycles. The highest BCUT2D eigenvalue weighted by Gasteiger charge is 2.37. The van der Waals surface area contributed by atoms with E-state index in [9.17, 15) is 14.4 Å². The molecule has 8 heteroatoms. The number of para-hydroxylation sites is 2. The van der Waals surface area contributed by atoms with Crippen LogP contribution in [0.25, 0.3) is 0 Å². The molecule has 0 N–H and O–H groups in total. The number of nitrogens with zero attached hydrogens (tertiary/aromatic N) is 2. The number of thiophene rings is 1. The third kappa shape index (κ3) is 3.80. The van der Waals surface area contributed by atoms with E-state index in [1.54, 1.807) is 27.6 Å². The zero-order chi connectivity index (χ0) is 22.1. The number of hydrogen-bond donors (Lipinski definition) is 0. The molecule has 6 nitrogen and oxygen atoms in total. The van der Waals surface area contributed by atoms with Crippen molar-refractivity contribution in [2.75, 3.05) is 18.1 Å². The first-order valence-corrected chi connectivity index (χ1v) is 12.0. The van der Waals surface area contributed by atoms with Gasteiger partial charge >= 0.3 is 5.97 Å². The van der Waals surface area contributed by atoms with Gasteiger partial charge in [-0.15, -0.1) is 11.3 Å². The standard InChI is InChI=1S/C24H20N2O4S2/c27-22(26-16-7-1-3-10-19(16)32-20-11-4-2-8-17(20)26)15-30-24(29)18-9-5-13-25(18)23(28)21-12-6-14-31-21/h1-4,6-8,10-12,14,18H,5,9,13,15H2. The molecule has 1 fully saturated rings. The Balaban J connectivity index is 1.31. The fraction of sp³-hybridized carbons (Fsp3) is 0.208. The number of rotatable bonds is 4. The number of ether oxygens (including phenoxy) is 1. The number of benzene rings is 2. The molecule has 0 aliphatic carbocycles. The van der Waals surface area contributed by atoms with Crippen LogP contribution in [0.1, 0.15) is 22.5 Å². The van der Waals surface area contributed by atoms with Crippen LogP contribution in [0.3, 0.4) is 0 Å². The Labute approximate surface area is 193 Å². The molecular formula is C24H20N2O4S2. The molecule has 0 spiro atoms. The minimum Gasteiger partial charge on any atom is -0.454 e. The maximum atomic E-state index is 13.2. The summed E-state index contributed by atoms with van der Waals surface area (Å²) >= 11 is 2.96. The first-order chi connectivity index (χ1) is 15.6. The molecule has 3 aromatic rings. The summed E-state index contributed by atoms with van der Waals surface area (Å²) in [7, 11) is 0. The van der Waals surface area contributed by atoms with E-state index in [1.165, 1.54) is 11.3 Å². The maximum absolute atomic E-state index is 13.2. The lowest BCUT2D eigenvalue weighted by molar-refractivity contribution is -0.151. The quantitative estimate of drug-likeness (QED) is 0.523. The van der Waals surface area contributed by atoms with Gasteiger partial charge in [0.05, 0.1) is 16.3 Å². The molecule has 2 aromatic carbocycles. The molecule has 0 radical (unpaired) electrons. The topological polar surface area (TPSA) is 66.9 Å². The van der Waals surface area contributed by atoms with Gasteiger partial charge in [-0.05, 0) is 48.6 Å². The zero-order valence-corrected chi connectivity index (χ0v) is 18.7. The predicted molar refractivity (Wildman–Crippen MR) is 123 cm³/mol. The van der Waals surface area contributed by atoms with Gasteiger partial charge in [-0.3, -0.25) is 14.5 Å². The van der Waals surface area contributed by atoms with Gasteiger partial charge in [0.2, 0.25) is 0 Å². The first kappa shape index (κ1) is 20.8. The molecule has 162 valence electrons. The summed E-state index contributed by atoms with van der Waals surface area (Å²) in [5.74, 6) is -1.02. The number of esters is 1. The van der Waals surface area contributed by atoms with Gasteiger partial charge < -0.3 is 9.64 Å². The summed E-state index contributed by atoms with van der Waals surface area (Å²) in [6.45, 7) is 0.123. The van der Waals surface area contributed by atoms with Crippen molar-refractivity contribution in [3.63, 3.8) is 0 Å². The lowest BCUT2D eigenvalue weighted by Gasteiger charge is -2.31. The number of likely N-dealkylation sites (tertiary alicyclic amines) is 1. The summed E-state index contributed by atoms with van der Waals surface area (Å²) in [6.07, 6.45) is 1.27. The molecule has 1 atom stereocenters. The second-order valence-electron chi connectivity index (χ2n) is 7.51. The molecule has 32 heavy (non-hydrogen) atoms. The number of hydrogen-bond acceptors (Lipinski definition) is 6. The molecule has 2 aliphatic heterocycles. The van der Waals surface area contributed by atoms with Gasteiger partial charge in [-0.1, -0.05) is 42.1 Å². The monoisotopic (exact) mass is 464 g/mol. The van der Waals surface area contributed by atoms with E-state index in [1.807, 2.05) is 60.0 Å². The molecular weight excluding hydrogens is 444 g/mol. The Morgan fingerprint density at radius 1 is 0.938 bits per heavy atom. The van der Waals surface area contributed by atoms with Crippen molar-refractivity contribution in [1.82, 2.24) is 4.90 Å². The lowest BCUT2D eigenvalue weighted by atomic mass is 10.2. The summed E-state index contributed by atoms with van der Waals surface area (Å²) in [4.78, 5) is 44.5. The highest BCUT2D eigenvalue weighted by Crippen LogP contribution is 2.47. The zero-order valence-electron chi connectivity index (χ0n) is 17.1. The van der Waals surface area contributed by atoms with Crippen LogP contribution >= 0.6 is 23.1 Å². The lowest BCUT2D eigenvalue weighted by Crippen LogP contribution is -2.42. The van der Waals surface area contributed by atoms with Crippen LogP contribution in [0.4, 0.5) is 11.4 Å². The van der Waals surface area contributed by atoms with E-state index in [0.29, 0.717) is 17.8 Å². The van der Waals surface area contributed by atoms with E-state index in [2.05, 4.69) is 0 Å². The Morgan fingerprint density at radius 2 is 1.62 bits per heavy atom. The van der Waals surface area contributed by atoms with Crippen LogP contribution in [0.2, 0.25) is 0 Å². The van der Waals surface area contributed by atoms with E-state index in [-0.39, 0.29) is 18.4 Å². The van der Waals surface area contributed by atoms with Crippen molar-refractivity contribution >= 4 is 52.3 Å². The van der Waals surface area contributed by atoms with Crippen LogP contribution in [-0.4, -0.2) is 41.9 Å². The Morgan fingerprint density at radius 3 is 2.28 bits per heavy atom. The first-order valence-electron chi connectivity index (χ1n) is 10.3. The fourth-order valence-electron chi connectivity index (χ4n) is 4.06. The van der Waals surface area contributed by atoms with Gasteiger partial charge in [0.1, 0.15) is 6.04 Å². The number of carbonyl (C=O) groups excluding carboxylic acids is 3. The molecule has 0 bridgehead atoms. The van der Waals surface area contributed by atoms with E-state index < -0.39 is 12.0 Å². The Kier molecular flexibility index (Phi) is 5.71. The highest BCUT2D eigenvalue weighted by molar-refractivity contribution is 7.99. The van der Waals surface area contributed by atoms with Crippen molar-refractivity contribution in [2.45, 2.75) is 28.7 Å². The molecule has 5 rings (SSSR count). The smallest absolute Gasteiger partial charge is 0.329 e.